The van der Waals surface area contributed by atoms with Gasteiger partial charge in [-0.1, -0.05) is 47.0 Å². The first-order valence-electron chi connectivity index (χ1n) is 8.29. The summed E-state index contributed by atoms with van der Waals surface area (Å²) in [6.07, 6.45) is 10.3. The molecule has 0 amide bonds. The maximum atomic E-state index is 3.76. The highest BCUT2D eigenvalue weighted by atomic mass is 14.9. The molecule has 2 fully saturated rings. The Balaban J connectivity index is 1.99. The predicted octanol–water partition coefficient (Wildman–Crippen LogP) is 4.62. The summed E-state index contributed by atoms with van der Waals surface area (Å²) in [5.74, 6) is 3.02. The van der Waals surface area contributed by atoms with Crippen LogP contribution in [0.1, 0.15) is 72.6 Å². The smallest absolute Gasteiger partial charge is 0.00130 e. The highest BCUT2D eigenvalue weighted by Crippen LogP contribution is 2.58. The third-order valence-corrected chi connectivity index (χ3v) is 5.50. The highest BCUT2D eigenvalue weighted by molar-refractivity contribution is 5.02. The van der Waals surface area contributed by atoms with Gasteiger partial charge in [0.1, 0.15) is 0 Å². The first kappa shape index (κ1) is 14.4. The molecular weight excluding hydrogens is 218 g/mol. The summed E-state index contributed by atoms with van der Waals surface area (Å²) in [5, 5.41) is 3.76. The second-order valence-electron chi connectivity index (χ2n) is 7.58. The molecule has 0 saturated heterocycles. The second-order valence-corrected chi connectivity index (χ2v) is 7.58. The summed E-state index contributed by atoms with van der Waals surface area (Å²) in [5.41, 5.74) is 0.655. The summed E-state index contributed by atoms with van der Waals surface area (Å²) in [4.78, 5) is 0. The Morgan fingerprint density at radius 1 is 1.22 bits per heavy atom. The molecule has 2 aliphatic carbocycles. The summed E-state index contributed by atoms with van der Waals surface area (Å²) < 4.78 is 0. The van der Waals surface area contributed by atoms with Gasteiger partial charge in [0.2, 0.25) is 0 Å². The van der Waals surface area contributed by atoms with Gasteiger partial charge in [-0.25, -0.2) is 0 Å². The minimum absolute atomic E-state index is 0.641. The van der Waals surface area contributed by atoms with Crippen molar-refractivity contribution >= 4 is 0 Å². The van der Waals surface area contributed by atoms with Crippen LogP contribution in [-0.4, -0.2) is 12.6 Å². The standard InChI is InChI=1S/C17H33N/c1-5-6-14(4)10-17(12-18-13(2)3)11-15-7-8-16(17)9-15/h13-16,18H,5-12H2,1-4H3. The Morgan fingerprint density at radius 2 is 2.00 bits per heavy atom. The zero-order valence-corrected chi connectivity index (χ0v) is 13.0. The lowest BCUT2D eigenvalue weighted by atomic mass is 9.67. The molecule has 0 spiro atoms. The topological polar surface area (TPSA) is 12.0 Å². The van der Waals surface area contributed by atoms with Crippen LogP contribution in [0, 0.1) is 23.2 Å². The number of nitrogens with one attached hydrogen (secondary N) is 1. The molecule has 4 atom stereocenters. The summed E-state index contributed by atoms with van der Waals surface area (Å²) in [7, 11) is 0. The Kier molecular flexibility index (Phi) is 4.75. The van der Waals surface area contributed by atoms with E-state index in [2.05, 4.69) is 33.0 Å². The molecule has 106 valence electrons. The van der Waals surface area contributed by atoms with Gasteiger partial charge in [-0.3, -0.25) is 0 Å². The van der Waals surface area contributed by atoms with Gasteiger partial charge in [0.05, 0.1) is 0 Å². The summed E-state index contributed by atoms with van der Waals surface area (Å²) >= 11 is 0. The van der Waals surface area contributed by atoms with Crippen molar-refractivity contribution in [2.75, 3.05) is 6.54 Å². The Labute approximate surface area is 114 Å². The van der Waals surface area contributed by atoms with E-state index in [0.717, 1.165) is 17.8 Å². The maximum Gasteiger partial charge on any atom is 0.00130 e. The van der Waals surface area contributed by atoms with Crippen LogP contribution in [0.15, 0.2) is 0 Å². The van der Waals surface area contributed by atoms with Crippen LogP contribution >= 0.6 is 0 Å². The normalized spacial score (nSPS) is 36.5. The number of hydrogen-bond acceptors (Lipinski definition) is 1. The molecule has 18 heavy (non-hydrogen) atoms. The fourth-order valence-corrected chi connectivity index (χ4v) is 4.79. The summed E-state index contributed by atoms with van der Waals surface area (Å²) in [6.45, 7) is 10.7. The molecular formula is C17H33N. The van der Waals surface area contributed by atoms with Crippen molar-refractivity contribution in [2.45, 2.75) is 78.7 Å². The van der Waals surface area contributed by atoms with Gasteiger partial charge < -0.3 is 5.32 Å². The third-order valence-electron chi connectivity index (χ3n) is 5.50. The monoisotopic (exact) mass is 251 g/mol. The Bertz CT molecular complexity index is 260. The molecule has 4 unspecified atom stereocenters. The van der Waals surface area contributed by atoms with Gasteiger partial charge in [-0.2, -0.15) is 0 Å². The largest absolute Gasteiger partial charge is 0.314 e. The molecule has 2 saturated carbocycles. The lowest BCUT2D eigenvalue weighted by Crippen LogP contribution is -2.42. The van der Waals surface area contributed by atoms with E-state index in [0.29, 0.717) is 11.5 Å². The van der Waals surface area contributed by atoms with Crippen molar-refractivity contribution in [1.29, 1.82) is 0 Å². The molecule has 0 radical (unpaired) electrons. The minimum atomic E-state index is 0.641. The van der Waals surface area contributed by atoms with Crippen LogP contribution in [0.5, 0.6) is 0 Å². The molecule has 0 aromatic carbocycles. The first-order valence-corrected chi connectivity index (χ1v) is 8.29. The number of hydrogen-bond donors (Lipinski definition) is 1. The van der Waals surface area contributed by atoms with Crippen LogP contribution in [0.4, 0.5) is 0 Å². The molecule has 1 heteroatoms. The molecule has 2 aliphatic rings. The van der Waals surface area contributed by atoms with Gasteiger partial charge in [0, 0.05) is 12.6 Å². The van der Waals surface area contributed by atoms with E-state index in [1.54, 1.807) is 6.42 Å². The van der Waals surface area contributed by atoms with E-state index < -0.39 is 0 Å². The highest BCUT2D eigenvalue weighted by Gasteiger charge is 2.50. The average molecular weight is 251 g/mol. The average Bonchev–Trinajstić information content (AvgIpc) is 2.87. The van der Waals surface area contributed by atoms with E-state index >= 15 is 0 Å². The van der Waals surface area contributed by atoms with E-state index in [9.17, 15) is 0 Å². The molecule has 0 aromatic heterocycles. The SMILES string of the molecule is CCCC(C)CC1(CNC(C)C)CC2CCC1C2. The van der Waals surface area contributed by atoms with E-state index in [4.69, 9.17) is 0 Å². The predicted molar refractivity (Wildman–Crippen MR) is 79.7 cm³/mol. The van der Waals surface area contributed by atoms with Crippen LogP contribution in [-0.2, 0) is 0 Å². The van der Waals surface area contributed by atoms with Gasteiger partial charge >= 0.3 is 0 Å². The van der Waals surface area contributed by atoms with Gasteiger partial charge in [0.15, 0.2) is 0 Å². The van der Waals surface area contributed by atoms with E-state index in [1.165, 1.54) is 45.1 Å². The van der Waals surface area contributed by atoms with Crippen molar-refractivity contribution in [3.05, 3.63) is 0 Å². The number of rotatable bonds is 7. The van der Waals surface area contributed by atoms with Crippen molar-refractivity contribution in [3.63, 3.8) is 0 Å². The Morgan fingerprint density at radius 3 is 2.50 bits per heavy atom. The zero-order chi connectivity index (χ0) is 13.2. The van der Waals surface area contributed by atoms with Crippen LogP contribution in [0.25, 0.3) is 0 Å². The lowest BCUT2D eigenvalue weighted by Gasteiger charge is -2.41. The van der Waals surface area contributed by atoms with Gasteiger partial charge in [0.25, 0.3) is 0 Å². The first-order chi connectivity index (χ1) is 8.55. The van der Waals surface area contributed by atoms with Gasteiger partial charge in [-0.15, -0.1) is 0 Å². The fraction of sp³-hybridized carbons (Fsp3) is 1.00. The molecule has 2 bridgehead atoms. The molecule has 2 rings (SSSR count). The van der Waals surface area contributed by atoms with Crippen LogP contribution in [0.3, 0.4) is 0 Å². The maximum absolute atomic E-state index is 3.76. The molecule has 1 N–H and O–H groups in total. The van der Waals surface area contributed by atoms with Gasteiger partial charge in [-0.05, 0) is 48.9 Å². The van der Waals surface area contributed by atoms with Crippen LogP contribution in [0.2, 0.25) is 0 Å². The van der Waals surface area contributed by atoms with Crippen molar-refractivity contribution < 1.29 is 0 Å². The third kappa shape index (κ3) is 3.10. The van der Waals surface area contributed by atoms with Crippen molar-refractivity contribution in [2.24, 2.45) is 23.2 Å². The zero-order valence-electron chi connectivity index (χ0n) is 13.0. The van der Waals surface area contributed by atoms with E-state index in [-0.39, 0.29) is 0 Å². The minimum Gasteiger partial charge on any atom is -0.314 e. The lowest BCUT2D eigenvalue weighted by molar-refractivity contribution is 0.114. The van der Waals surface area contributed by atoms with Crippen molar-refractivity contribution in [3.8, 4) is 0 Å². The quantitative estimate of drug-likeness (QED) is 0.696. The molecule has 0 aliphatic heterocycles. The molecule has 0 aromatic rings. The number of fused-ring (bicyclic) bond motifs is 2. The van der Waals surface area contributed by atoms with E-state index in [1.807, 2.05) is 0 Å². The molecule has 1 nitrogen and oxygen atoms in total. The summed E-state index contributed by atoms with van der Waals surface area (Å²) in [6, 6.07) is 0.641. The fourth-order valence-electron chi connectivity index (χ4n) is 4.79. The van der Waals surface area contributed by atoms with Crippen molar-refractivity contribution in [1.82, 2.24) is 5.32 Å². The van der Waals surface area contributed by atoms with Crippen LogP contribution < -0.4 is 5.32 Å². The Hall–Kier alpha value is -0.0400. The molecule has 0 heterocycles. The second kappa shape index (κ2) is 5.94.